The molecule has 8 nitrogen and oxygen atoms in total. The highest BCUT2D eigenvalue weighted by atomic mass is 16.5. The summed E-state index contributed by atoms with van der Waals surface area (Å²) >= 11 is 0. The number of rotatable bonds is 8. The Morgan fingerprint density at radius 3 is 2.83 bits per heavy atom. The molecule has 2 aromatic carbocycles. The van der Waals surface area contributed by atoms with Gasteiger partial charge in [-0.3, -0.25) is 9.36 Å². The van der Waals surface area contributed by atoms with E-state index in [1.54, 1.807) is 4.57 Å². The Morgan fingerprint density at radius 2 is 2.02 bits per heavy atom. The van der Waals surface area contributed by atoms with Gasteiger partial charge in [0.15, 0.2) is 5.82 Å². The van der Waals surface area contributed by atoms with Crippen LogP contribution in [0.2, 0.25) is 0 Å². The normalized spacial score (nSPS) is 16.2. The monoisotopic (exact) mass is 535 g/mol. The first-order valence-electron chi connectivity index (χ1n) is 13.9. The fourth-order valence-corrected chi connectivity index (χ4v) is 5.34. The van der Waals surface area contributed by atoms with Crippen molar-refractivity contribution >= 4 is 33.0 Å². The van der Waals surface area contributed by atoms with Crippen LogP contribution in [0.25, 0.3) is 33.0 Å². The molecule has 3 aromatic heterocycles. The molecule has 1 atom stereocenters. The molecule has 1 unspecified atom stereocenters. The Hall–Kier alpha value is -4.30. The molecule has 6 rings (SSSR count). The van der Waals surface area contributed by atoms with E-state index >= 15 is 0 Å². The van der Waals surface area contributed by atoms with Gasteiger partial charge < -0.3 is 9.47 Å². The van der Waals surface area contributed by atoms with Crippen LogP contribution in [-0.2, 0) is 11.3 Å². The first-order chi connectivity index (χ1) is 19.6. The van der Waals surface area contributed by atoms with E-state index < -0.39 is 0 Å². The lowest BCUT2D eigenvalue weighted by atomic mass is 10.0. The molecule has 1 saturated heterocycles. The van der Waals surface area contributed by atoms with Gasteiger partial charge in [-0.15, -0.1) is 0 Å². The van der Waals surface area contributed by atoms with E-state index in [1.165, 1.54) is 0 Å². The third kappa shape index (κ3) is 4.91. The molecule has 0 spiro atoms. The van der Waals surface area contributed by atoms with E-state index in [4.69, 9.17) is 19.4 Å². The van der Waals surface area contributed by atoms with Gasteiger partial charge in [0, 0.05) is 18.6 Å². The molecular formula is C32H33N5O3. The molecule has 0 amide bonds. The minimum Gasteiger partial charge on any atom is -0.477 e. The highest BCUT2D eigenvalue weighted by Crippen LogP contribution is 2.29. The van der Waals surface area contributed by atoms with Crippen LogP contribution in [0.1, 0.15) is 43.8 Å². The zero-order valence-electron chi connectivity index (χ0n) is 23.1. The van der Waals surface area contributed by atoms with Crippen molar-refractivity contribution in [2.45, 2.75) is 40.2 Å². The Bertz CT molecular complexity index is 1830. The second-order valence-corrected chi connectivity index (χ2v) is 10.2. The van der Waals surface area contributed by atoms with Crippen LogP contribution in [0.3, 0.4) is 0 Å². The van der Waals surface area contributed by atoms with Gasteiger partial charge in [-0.1, -0.05) is 43.4 Å². The number of benzene rings is 2. The van der Waals surface area contributed by atoms with Crippen molar-refractivity contribution in [2.24, 2.45) is 5.92 Å². The number of aromatic nitrogens is 5. The van der Waals surface area contributed by atoms with Crippen LogP contribution in [-0.4, -0.2) is 44.0 Å². The molecule has 1 fully saturated rings. The fourth-order valence-electron chi connectivity index (χ4n) is 5.34. The van der Waals surface area contributed by atoms with E-state index in [0.29, 0.717) is 41.9 Å². The lowest BCUT2D eigenvalue weighted by molar-refractivity contribution is 0.166. The fraction of sp³-hybridized carbons (Fsp3) is 0.312. The van der Waals surface area contributed by atoms with Gasteiger partial charge in [0.25, 0.3) is 5.56 Å². The lowest BCUT2D eigenvalue weighted by Crippen LogP contribution is -2.24. The summed E-state index contributed by atoms with van der Waals surface area (Å²) in [7, 11) is 0. The third-order valence-electron chi connectivity index (χ3n) is 7.29. The predicted molar refractivity (Wildman–Crippen MR) is 158 cm³/mol. The largest absolute Gasteiger partial charge is 0.477 e. The van der Waals surface area contributed by atoms with Crippen LogP contribution in [0.4, 0.5) is 0 Å². The second kappa shape index (κ2) is 11.1. The van der Waals surface area contributed by atoms with Gasteiger partial charge in [0.05, 0.1) is 47.3 Å². The summed E-state index contributed by atoms with van der Waals surface area (Å²) in [5.74, 6) is 1.36. The first-order valence-corrected chi connectivity index (χ1v) is 13.9. The van der Waals surface area contributed by atoms with Crippen molar-refractivity contribution in [1.82, 2.24) is 24.1 Å². The summed E-state index contributed by atoms with van der Waals surface area (Å²) in [6.07, 6.45) is 8.26. The van der Waals surface area contributed by atoms with Crippen LogP contribution >= 0.6 is 0 Å². The number of nitrogens with zero attached hydrogens (tertiary/aromatic N) is 5. The lowest BCUT2D eigenvalue weighted by Gasteiger charge is -2.15. The first kappa shape index (κ1) is 26.0. The molecule has 8 heteroatoms. The summed E-state index contributed by atoms with van der Waals surface area (Å²) < 4.78 is 15.4. The molecule has 0 aliphatic carbocycles. The standard InChI is InChI=1S/C32H33N5O3/c1-4-8-23(9-5-2)24-12-13-27-26(17-24)31(40-20-22-14-15-39-19-22)34-29(33-27)18-36-30-16-21(3)35-37(30)28-11-7-6-10-25(28)32(36)38/h4,6-13,16-17,22H,5,14-15,18-20H2,1-3H3. The molecule has 1 aliphatic rings. The van der Waals surface area contributed by atoms with Crippen molar-refractivity contribution in [2.75, 3.05) is 19.8 Å². The average Bonchev–Trinajstić information content (AvgIpc) is 3.63. The van der Waals surface area contributed by atoms with Crippen LogP contribution in [0, 0.1) is 12.8 Å². The highest BCUT2D eigenvalue weighted by molar-refractivity contribution is 5.89. The molecule has 40 heavy (non-hydrogen) atoms. The van der Waals surface area contributed by atoms with Gasteiger partial charge in [-0.2, -0.15) is 10.1 Å². The van der Waals surface area contributed by atoms with Gasteiger partial charge in [-0.25, -0.2) is 9.50 Å². The number of para-hydroxylation sites is 1. The summed E-state index contributed by atoms with van der Waals surface area (Å²) in [5.41, 5.74) is 5.21. The molecule has 5 aromatic rings. The zero-order valence-corrected chi connectivity index (χ0v) is 23.1. The number of hydrogen-bond donors (Lipinski definition) is 0. The van der Waals surface area contributed by atoms with Gasteiger partial charge >= 0.3 is 0 Å². The Morgan fingerprint density at radius 1 is 1.15 bits per heavy atom. The van der Waals surface area contributed by atoms with Crippen molar-refractivity contribution in [3.8, 4) is 5.88 Å². The molecule has 0 saturated carbocycles. The van der Waals surface area contributed by atoms with Crippen molar-refractivity contribution in [3.63, 3.8) is 0 Å². The van der Waals surface area contributed by atoms with Gasteiger partial charge in [-0.05, 0) is 62.1 Å². The minimum atomic E-state index is -0.103. The Kier molecular flexibility index (Phi) is 7.17. The Labute approximate surface area is 232 Å². The number of allylic oxidation sites excluding steroid dienone is 4. The smallest absolute Gasteiger partial charge is 0.262 e. The van der Waals surface area contributed by atoms with E-state index in [0.717, 1.165) is 52.7 Å². The SMILES string of the molecule is CC=CC(=CCC)c1ccc2nc(Cn3c(=O)c4ccccc4n4nc(C)cc34)nc(OCC3CCOC3)c2c1. The van der Waals surface area contributed by atoms with Crippen LogP contribution in [0.15, 0.2) is 71.6 Å². The highest BCUT2D eigenvalue weighted by Gasteiger charge is 2.20. The number of aryl methyl sites for hydroxylation is 1. The molecule has 4 heterocycles. The van der Waals surface area contributed by atoms with Crippen molar-refractivity contribution < 1.29 is 9.47 Å². The quantitative estimate of drug-likeness (QED) is 0.236. The molecule has 0 radical (unpaired) electrons. The van der Waals surface area contributed by atoms with Crippen LogP contribution in [0.5, 0.6) is 5.88 Å². The minimum absolute atomic E-state index is 0.103. The topological polar surface area (TPSA) is 83.5 Å². The Balaban J connectivity index is 1.47. The van der Waals surface area contributed by atoms with Crippen molar-refractivity contribution in [3.05, 3.63) is 94.2 Å². The molecule has 0 bridgehead atoms. The van der Waals surface area contributed by atoms with E-state index in [1.807, 2.05) is 60.8 Å². The maximum Gasteiger partial charge on any atom is 0.262 e. The second-order valence-electron chi connectivity index (χ2n) is 10.2. The van der Waals surface area contributed by atoms with Crippen molar-refractivity contribution in [1.29, 1.82) is 0 Å². The number of ether oxygens (including phenoxy) is 2. The number of hydrogen-bond acceptors (Lipinski definition) is 6. The van der Waals surface area contributed by atoms with E-state index in [2.05, 4.69) is 36.3 Å². The summed E-state index contributed by atoms with van der Waals surface area (Å²) in [6, 6.07) is 15.6. The van der Waals surface area contributed by atoms with E-state index in [-0.39, 0.29) is 12.1 Å². The number of fused-ring (bicyclic) bond motifs is 4. The maximum absolute atomic E-state index is 13.7. The molecule has 0 N–H and O–H groups in total. The molecule has 204 valence electrons. The maximum atomic E-state index is 13.7. The molecule has 1 aliphatic heterocycles. The third-order valence-corrected chi connectivity index (χ3v) is 7.29. The average molecular weight is 536 g/mol. The summed E-state index contributed by atoms with van der Waals surface area (Å²) in [4.78, 5) is 23.4. The van der Waals surface area contributed by atoms with Gasteiger partial charge in [0.1, 0.15) is 5.65 Å². The summed E-state index contributed by atoms with van der Waals surface area (Å²) in [5, 5.41) is 6.10. The van der Waals surface area contributed by atoms with E-state index in [9.17, 15) is 4.79 Å². The van der Waals surface area contributed by atoms with Crippen LogP contribution < -0.4 is 10.3 Å². The zero-order chi connectivity index (χ0) is 27.6. The molecular weight excluding hydrogens is 502 g/mol. The van der Waals surface area contributed by atoms with Gasteiger partial charge in [0.2, 0.25) is 5.88 Å². The predicted octanol–water partition coefficient (Wildman–Crippen LogP) is 5.73. The summed E-state index contributed by atoms with van der Waals surface area (Å²) in [6.45, 7) is 8.24.